The highest BCUT2D eigenvalue weighted by Gasteiger charge is 2.12. The molecule has 0 aliphatic heterocycles. The van der Waals surface area contributed by atoms with Crippen molar-refractivity contribution in [1.82, 2.24) is 15.0 Å². The topological polar surface area (TPSA) is 64.8 Å². The van der Waals surface area contributed by atoms with Crippen LogP contribution in [0.4, 0.5) is 4.39 Å². The third kappa shape index (κ3) is 3.55. The van der Waals surface area contributed by atoms with Crippen LogP contribution in [0, 0.1) is 5.82 Å². The van der Waals surface area contributed by atoms with Gasteiger partial charge in [-0.15, -0.1) is 5.10 Å². The summed E-state index contributed by atoms with van der Waals surface area (Å²) < 4.78 is 37.9. The zero-order valence-electron chi connectivity index (χ0n) is 10.8. The highest BCUT2D eigenvalue weighted by Crippen LogP contribution is 2.23. The van der Waals surface area contributed by atoms with Gasteiger partial charge in [0, 0.05) is 16.3 Å². The maximum Gasteiger partial charge on any atom is 0.151 e. The van der Waals surface area contributed by atoms with Gasteiger partial charge in [0.1, 0.15) is 11.5 Å². The van der Waals surface area contributed by atoms with Crippen molar-refractivity contribution in [2.24, 2.45) is 0 Å². The molecule has 20 heavy (non-hydrogen) atoms. The largest absolute Gasteiger partial charge is 0.251 e. The molecule has 0 radical (unpaired) electrons. The van der Waals surface area contributed by atoms with E-state index in [2.05, 4.69) is 10.3 Å². The van der Waals surface area contributed by atoms with Gasteiger partial charge in [-0.1, -0.05) is 23.7 Å². The molecule has 0 saturated carbocycles. The lowest BCUT2D eigenvalue weighted by Crippen LogP contribution is -2.14. The molecule has 5 nitrogen and oxygen atoms in total. The van der Waals surface area contributed by atoms with Gasteiger partial charge in [-0.05, 0) is 18.2 Å². The Morgan fingerprint density at radius 1 is 1.40 bits per heavy atom. The Morgan fingerprint density at radius 2 is 2.15 bits per heavy atom. The smallest absolute Gasteiger partial charge is 0.151 e. The van der Waals surface area contributed by atoms with Crippen molar-refractivity contribution >= 4 is 21.4 Å². The van der Waals surface area contributed by atoms with Crippen LogP contribution in [-0.4, -0.2) is 34.9 Å². The molecule has 0 N–H and O–H groups in total. The molecule has 0 fully saturated rings. The van der Waals surface area contributed by atoms with Gasteiger partial charge in [-0.25, -0.2) is 12.8 Å². The second-order valence-electron chi connectivity index (χ2n) is 4.23. The predicted molar refractivity (Wildman–Crippen MR) is 74.8 cm³/mol. The molecule has 0 amide bonds. The van der Waals surface area contributed by atoms with E-state index in [1.807, 2.05) is 0 Å². The quantitative estimate of drug-likeness (QED) is 0.847. The first-order valence-corrected chi connectivity index (χ1v) is 8.17. The number of hydrogen-bond acceptors (Lipinski definition) is 4. The van der Waals surface area contributed by atoms with Crippen molar-refractivity contribution in [3.63, 3.8) is 0 Å². The Kier molecular flexibility index (Phi) is 4.39. The van der Waals surface area contributed by atoms with Gasteiger partial charge in [-0.3, -0.25) is 4.68 Å². The van der Waals surface area contributed by atoms with Gasteiger partial charge in [-0.2, -0.15) is 0 Å². The molecule has 0 aliphatic rings. The van der Waals surface area contributed by atoms with E-state index in [9.17, 15) is 12.8 Å². The number of aromatic nitrogens is 3. The first-order chi connectivity index (χ1) is 9.41. The number of hydrogen-bond donors (Lipinski definition) is 0. The Bertz CT molecular complexity index is 715. The summed E-state index contributed by atoms with van der Waals surface area (Å²) in [5, 5.41) is 7.93. The maximum atomic E-state index is 13.7. The van der Waals surface area contributed by atoms with E-state index >= 15 is 0 Å². The molecule has 1 aromatic carbocycles. The van der Waals surface area contributed by atoms with Crippen LogP contribution < -0.4 is 0 Å². The molecule has 2 aromatic rings. The molecule has 1 heterocycles. The fourth-order valence-electron chi connectivity index (χ4n) is 1.61. The third-order valence-electron chi connectivity index (χ3n) is 2.82. The molecular weight excluding hydrogens is 305 g/mol. The fourth-order valence-corrected chi connectivity index (χ4v) is 2.52. The number of halogens is 2. The summed E-state index contributed by atoms with van der Waals surface area (Å²) in [7, 11) is -3.07. The van der Waals surface area contributed by atoms with Crippen LogP contribution in [0.5, 0.6) is 0 Å². The second-order valence-corrected chi connectivity index (χ2v) is 7.14. The third-order valence-corrected chi connectivity index (χ3v) is 4.74. The van der Waals surface area contributed by atoms with Crippen LogP contribution >= 0.6 is 11.6 Å². The summed E-state index contributed by atoms with van der Waals surface area (Å²) in [5.41, 5.74) is 0.618. The SMILES string of the molecule is CCS(=O)(=O)CCn1cc(-c2ccc(Cl)cc2F)nn1. The van der Waals surface area contributed by atoms with Gasteiger partial charge >= 0.3 is 0 Å². The van der Waals surface area contributed by atoms with E-state index in [4.69, 9.17) is 11.6 Å². The number of nitrogens with zero attached hydrogens (tertiary/aromatic N) is 3. The summed E-state index contributed by atoms with van der Waals surface area (Å²) in [5.74, 6) is -0.429. The van der Waals surface area contributed by atoms with Crippen LogP contribution in [0.2, 0.25) is 5.02 Å². The summed E-state index contributed by atoms with van der Waals surface area (Å²) in [6, 6.07) is 4.26. The summed E-state index contributed by atoms with van der Waals surface area (Å²) in [6.45, 7) is 1.78. The van der Waals surface area contributed by atoms with Crippen molar-refractivity contribution in [1.29, 1.82) is 0 Å². The lowest BCUT2D eigenvalue weighted by Gasteiger charge is -2.00. The Morgan fingerprint density at radius 3 is 2.80 bits per heavy atom. The van der Waals surface area contributed by atoms with E-state index in [-0.39, 0.29) is 23.6 Å². The number of rotatable bonds is 5. The molecule has 0 unspecified atom stereocenters. The van der Waals surface area contributed by atoms with Gasteiger partial charge in [0.05, 0.1) is 18.5 Å². The predicted octanol–water partition coefficient (Wildman–Crippen LogP) is 2.17. The number of aryl methyl sites for hydroxylation is 1. The lowest BCUT2D eigenvalue weighted by molar-refractivity contribution is 0.576. The molecule has 2 rings (SSSR count). The average Bonchev–Trinajstić information content (AvgIpc) is 2.85. The van der Waals surface area contributed by atoms with E-state index in [0.29, 0.717) is 10.7 Å². The van der Waals surface area contributed by atoms with Crippen molar-refractivity contribution in [3.8, 4) is 11.3 Å². The molecule has 0 aliphatic carbocycles. The molecular formula is C12H13ClFN3O2S. The molecule has 8 heteroatoms. The highest BCUT2D eigenvalue weighted by atomic mass is 35.5. The van der Waals surface area contributed by atoms with Crippen LogP contribution in [0.1, 0.15) is 6.92 Å². The molecule has 0 bridgehead atoms. The van der Waals surface area contributed by atoms with Crippen molar-refractivity contribution in [2.75, 3.05) is 11.5 Å². The summed E-state index contributed by atoms with van der Waals surface area (Å²) in [6.07, 6.45) is 1.51. The maximum absolute atomic E-state index is 13.7. The molecule has 108 valence electrons. The molecule has 0 atom stereocenters. The van der Waals surface area contributed by atoms with Gasteiger partial charge < -0.3 is 0 Å². The minimum atomic E-state index is -3.07. The first kappa shape index (κ1) is 14.9. The Balaban J connectivity index is 2.17. The monoisotopic (exact) mass is 317 g/mol. The molecule has 0 saturated heterocycles. The van der Waals surface area contributed by atoms with Crippen molar-refractivity contribution < 1.29 is 12.8 Å². The second kappa shape index (κ2) is 5.88. The number of benzene rings is 1. The molecule has 0 spiro atoms. The van der Waals surface area contributed by atoms with E-state index in [1.54, 1.807) is 13.0 Å². The van der Waals surface area contributed by atoms with Crippen LogP contribution in [0.15, 0.2) is 24.4 Å². The average molecular weight is 318 g/mol. The zero-order valence-corrected chi connectivity index (χ0v) is 12.3. The normalized spacial score (nSPS) is 11.8. The minimum absolute atomic E-state index is 0.0185. The summed E-state index contributed by atoms with van der Waals surface area (Å²) >= 11 is 5.68. The lowest BCUT2D eigenvalue weighted by atomic mass is 10.1. The standard InChI is InChI=1S/C12H13ClFN3O2S/c1-2-20(18,19)6-5-17-8-12(15-16-17)10-4-3-9(13)7-11(10)14/h3-4,7-8H,2,5-6H2,1H3. The Hall–Kier alpha value is -1.47. The highest BCUT2D eigenvalue weighted by molar-refractivity contribution is 7.91. The van der Waals surface area contributed by atoms with E-state index in [1.165, 1.54) is 23.0 Å². The van der Waals surface area contributed by atoms with Crippen LogP contribution in [-0.2, 0) is 16.4 Å². The first-order valence-electron chi connectivity index (χ1n) is 5.97. The fraction of sp³-hybridized carbons (Fsp3) is 0.333. The Labute approximate surface area is 121 Å². The zero-order chi connectivity index (χ0) is 14.8. The minimum Gasteiger partial charge on any atom is -0.251 e. The van der Waals surface area contributed by atoms with Crippen molar-refractivity contribution in [2.45, 2.75) is 13.5 Å². The van der Waals surface area contributed by atoms with Gasteiger partial charge in [0.25, 0.3) is 0 Å². The molecule has 1 aromatic heterocycles. The van der Waals surface area contributed by atoms with E-state index < -0.39 is 15.7 Å². The van der Waals surface area contributed by atoms with Crippen LogP contribution in [0.3, 0.4) is 0 Å². The van der Waals surface area contributed by atoms with Crippen LogP contribution in [0.25, 0.3) is 11.3 Å². The van der Waals surface area contributed by atoms with Gasteiger partial charge in [0.15, 0.2) is 9.84 Å². The van der Waals surface area contributed by atoms with E-state index in [0.717, 1.165) is 0 Å². The van der Waals surface area contributed by atoms with Crippen molar-refractivity contribution in [3.05, 3.63) is 35.2 Å². The number of sulfone groups is 1. The summed E-state index contributed by atoms with van der Waals surface area (Å²) in [4.78, 5) is 0. The van der Waals surface area contributed by atoms with Gasteiger partial charge in [0.2, 0.25) is 0 Å².